The molecule has 0 fully saturated rings. The summed E-state index contributed by atoms with van der Waals surface area (Å²) in [5, 5.41) is 9.86. The standard InChI is InChI=1S/C15H14O2S.C15H12O2S.C15H12OS/c2*16-14-10-9-13-12(14)7-4-8-15(13)18(17)11-5-2-1-3-6-11;16-14-10-9-13-12(14)7-4-8-15(13)17-11-5-2-1-3-6-11/h1-8,14,16H,9-10H2;1-8H,9-10H2;1-8H,9-10H2/t14-,18?;;/m0../s1. The van der Waals surface area contributed by atoms with Crippen LogP contribution in [0.5, 0.6) is 0 Å². The van der Waals surface area contributed by atoms with Gasteiger partial charge < -0.3 is 5.11 Å². The van der Waals surface area contributed by atoms with Crippen LogP contribution < -0.4 is 0 Å². The van der Waals surface area contributed by atoms with Crippen molar-refractivity contribution >= 4 is 44.9 Å². The van der Waals surface area contributed by atoms with Gasteiger partial charge in [0.25, 0.3) is 0 Å². The molecule has 8 heteroatoms. The number of hydrogen-bond donors (Lipinski definition) is 1. The van der Waals surface area contributed by atoms with E-state index < -0.39 is 27.7 Å². The molecule has 266 valence electrons. The maximum atomic E-state index is 12.5. The van der Waals surface area contributed by atoms with Crippen LogP contribution in [0.2, 0.25) is 0 Å². The van der Waals surface area contributed by atoms with Gasteiger partial charge in [-0.2, -0.15) is 0 Å². The van der Waals surface area contributed by atoms with Crippen molar-refractivity contribution < 1.29 is 23.1 Å². The first-order chi connectivity index (χ1) is 25.9. The van der Waals surface area contributed by atoms with Crippen molar-refractivity contribution in [1.29, 1.82) is 0 Å². The molecule has 0 spiro atoms. The summed E-state index contributed by atoms with van der Waals surface area (Å²) in [4.78, 5) is 29.0. The van der Waals surface area contributed by atoms with E-state index in [9.17, 15) is 23.1 Å². The Morgan fingerprint density at radius 3 is 1.58 bits per heavy atom. The minimum absolute atomic E-state index is 0.164. The van der Waals surface area contributed by atoms with Crippen LogP contribution in [0.4, 0.5) is 0 Å². The van der Waals surface area contributed by atoms with E-state index >= 15 is 0 Å². The average Bonchev–Trinajstić information content (AvgIpc) is 3.92. The van der Waals surface area contributed by atoms with Crippen LogP contribution in [0.1, 0.15) is 68.3 Å². The Kier molecular flexibility index (Phi) is 11.7. The smallest absolute Gasteiger partial charge is 0.163 e. The number of aliphatic hydroxyl groups is 1. The zero-order chi connectivity index (χ0) is 36.7. The molecular formula is C45H38O5S3. The molecule has 0 radical (unpaired) electrons. The summed E-state index contributed by atoms with van der Waals surface area (Å²) in [7, 11) is -2.35. The molecule has 0 saturated heterocycles. The lowest BCUT2D eigenvalue weighted by Gasteiger charge is -2.09. The first-order valence-electron chi connectivity index (χ1n) is 17.7. The highest BCUT2D eigenvalue weighted by Gasteiger charge is 2.26. The van der Waals surface area contributed by atoms with Gasteiger partial charge in [-0.1, -0.05) is 103 Å². The van der Waals surface area contributed by atoms with Gasteiger partial charge in [-0.3, -0.25) is 9.59 Å². The molecule has 6 aromatic carbocycles. The SMILES string of the molecule is O=C1CCc2c(Sc3ccccc3)cccc21.O=C1CCc2c1cccc2S(=O)c1ccccc1.O=S(c1ccccc1)c1cccc2c1CC[C@@H]2O. The van der Waals surface area contributed by atoms with Crippen LogP contribution in [0, 0.1) is 0 Å². The van der Waals surface area contributed by atoms with E-state index in [0.29, 0.717) is 19.3 Å². The highest BCUT2D eigenvalue weighted by molar-refractivity contribution is 7.99. The van der Waals surface area contributed by atoms with E-state index in [0.717, 1.165) is 66.7 Å². The number of rotatable bonds is 6. The predicted molar refractivity (Wildman–Crippen MR) is 211 cm³/mol. The van der Waals surface area contributed by atoms with E-state index in [1.165, 1.54) is 15.4 Å². The third kappa shape index (κ3) is 8.26. The molecule has 5 nitrogen and oxygen atoms in total. The Labute approximate surface area is 319 Å². The minimum Gasteiger partial charge on any atom is -0.388 e. The molecule has 0 amide bonds. The molecule has 3 atom stereocenters. The fraction of sp³-hybridized carbons (Fsp3) is 0.156. The first kappa shape index (κ1) is 36.6. The topological polar surface area (TPSA) is 88.5 Å². The zero-order valence-electron chi connectivity index (χ0n) is 29.0. The van der Waals surface area contributed by atoms with Gasteiger partial charge in [0.1, 0.15) is 0 Å². The third-order valence-corrected chi connectivity index (χ3v) is 13.6. The lowest BCUT2D eigenvalue weighted by atomic mass is 10.1. The van der Waals surface area contributed by atoms with Crippen molar-refractivity contribution in [3.8, 4) is 0 Å². The van der Waals surface area contributed by atoms with Crippen LogP contribution in [0.3, 0.4) is 0 Å². The Morgan fingerprint density at radius 2 is 0.981 bits per heavy atom. The van der Waals surface area contributed by atoms with Crippen LogP contribution in [0.25, 0.3) is 0 Å². The van der Waals surface area contributed by atoms with Crippen LogP contribution >= 0.6 is 11.8 Å². The Balaban J connectivity index is 0.000000123. The Hall–Kier alpha value is -4.73. The predicted octanol–water partition coefficient (Wildman–Crippen LogP) is 9.78. The summed E-state index contributed by atoms with van der Waals surface area (Å²) < 4.78 is 25.1. The Bertz CT molecular complexity index is 2310. The number of Topliss-reactive ketones (excluding diaryl/α,β-unsaturated/α-hetero) is 2. The van der Waals surface area contributed by atoms with Gasteiger partial charge in [0, 0.05) is 53.3 Å². The summed E-state index contributed by atoms with van der Waals surface area (Å²) in [5.41, 5.74) is 5.86. The molecule has 0 aliphatic heterocycles. The molecule has 3 aliphatic rings. The van der Waals surface area contributed by atoms with Crippen molar-refractivity contribution in [3.63, 3.8) is 0 Å². The first-order valence-corrected chi connectivity index (χ1v) is 20.8. The van der Waals surface area contributed by atoms with Crippen LogP contribution in [-0.2, 0) is 40.9 Å². The average molecular weight is 755 g/mol. The van der Waals surface area contributed by atoms with Crippen molar-refractivity contribution in [3.05, 3.63) is 179 Å². The molecule has 1 N–H and O–H groups in total. The molecule has 9 rings (SSSR count). The molecular weight excluding hydrogens is 717 g/mol. The number of hydrogen-bond acceptors (Lipinski definition) is 6. The summed E-state index contributed by atoms with van der Waals surface area (Å²) in [6, 6.07) is 46.4. The normalized spacial score (nSPS) is 16.3. The number of ketones is 2. The molecule has 2 unspecified atom stereocenters. The largest absolute Gasteiger partial charge is 0.388 e. The highest BCUT2D eigenvalue weighted by atomic mass is 32.2. The lowest BCUT2D eigenvalue weighted by molar-refractivity contribution is 0.0986. The van der Waals surface area contributed by atoms with Gasteiger partial charge >= 0.3 is 0 Å². The second kappa shape index (κ2) is 16.9. The number of carbonyl (C=O) groups is 2. The second-order valence-corrected chi connectivity index (χ2v) is 16.9. The van der Waals surface area contributed by atoms with Crippen molar-refractivity contribution in [2.45, 2.75) is 74.0 Å². The molecule has 53 heavy (non-hydrogen) atoms. The van der Waals surface area contributed by atoms with Crippen molar-refractivity contribution in [2.75, 3.05) is 0 Å². The molecule has 6 aromatic rings. The van der Waals surface area contributed by atoms with Gasteiger partial charge in [-0.15, -0.1) is 0 Å². The van der Waals surface area contributed by atoms with Gasteiger partial charge in [-0.25, -0.2) is 8.42 Å². The van der Waals surface area contributed by atoms with Crippen molar-refractivity contribution in [1.82, 2.24) is 0 Å². The van der Waals surface area contributed by atoms with E-state index in [2.05, 4.69) is 18.2 Å². The summed E-state index contributed by atoms with van der Waals surface area (Å²) in [6.45, 7) is 0. The van der Waals surface area contributed by atoms with Gasteiger partial charge in [-0.05, 0) is 103 Å². The maximum Gasteiger partial charge on any atom is 0.163 e. The van der Waals surface area contributed by atoms with Crippen LogP contribution in [-0.4, -0.2) is 25.1 Å². The van der Waals surface area contributed by atoms with E-state index in [4.69, 9.17) is 0 Å². The minimum atomic E-state index is -1.20. The summed E-state index contributed by atoms with van der Waals surface area (Å²) in [5.74, 6) is 0.451. The quantitative estimate of drug-likeness (QED) is 0.182. The third-order valence-electron chi connectivity index (χ3n) is 9.55. The van der Waals surface area contributed by atoms with E-state index in [1.807, 2.05) is 127 Å². The molecule has 0 aromatic heterocycles. The highest BCUT2D eigenvalue weighted by Crippen LogP contribution is 2.37. The van der Waals surface area contributed by atoms with Crippen LogP contribution in [0.15, 0.2) is 175 Å². The van der Waals surface area contributed by atoms with E-state index in [-0.39, 0.29) is 11.6 Å². The van der Waals surface area contributed by atoms with Gasteiger partial charge in [0.2, 0.25) is 0 Å². The number of fused-ring (bicyclic) bond motifs is 3. The monoisotopic (exact) mass is 754 g/mol. The fourth-order valence-corrected chi connectivity index (χ4v) is 10.5. The number of benzene rings is 6. The Morgan fingerprint density at radius 1 is 0.491 bits per heavy atom. The molecule has 0 heterocycles. The van der Waals surface area contributed by atoms with Gasteiger partial charge in [0.15, 0.2) is 11.6 Å². The summed E-state index contributed by atoms with van der Waals surface area (Å²) in [6.07, 6.45) is 3.96. The molecule has 0 saturated carbocycles. The van der Waals surface area contributed by atoms with E-state index in [1.54, 1.807) is 11.8 Å². The lowest BCUT2D eigenvalue weighted by Crippen LogP contribution is -1.99. The fourth-order valence-electron chi connectivity index (χ4n) is 6.92. The zero-order valence-corrected chi connectivity index (χ0v) is 31.4. The second-order valence-electron chi connectivity index (χ2n) is 12.9. The number of aliphatic hydroxyl groups excluding tert-OH is 1. The summed E-state index contributed by atoms with van der Waals surface area (Å²) >= 11 is 1.74. The number of carbonyl (C=O) groups excluding carboxylic acids is 2. The molecule has 3 aliphatic carbocycles. The van der Waals surface area contributed by atoms with Crippen molar-refractivity contribution in [2.24, 2.45) is 0 Å². The van der Waals surface area contributed by atoms with Gasteiger partial charge in [0.05, 0.1) is 27.7 Å². The molecule has 0 bridgehead atoms. The maximum absolute atomic E-state index is 12.5.